The van der Waals surface area contributed by atoms with Crippen molar-refractivity contribution < 1.29 is 4.79 Å². The normalized spacial score (nSPS) is 10.9. The Morgan fingerprint density at radius 1 is 1.38 bits per heavy atom. The maximum atomic E-state index is 11.7. The molecule has 0 spiro atoms. The van der Waals surface area contributed by atoms with E-state index in [1.807, 2.05) is 18.2 Å². The number of hydrogen-bond acceptors (Lipinski definition) is 2. The number of benzene rings is 1. The molecule has 84 valence electrons. The van der Waals surface area contributed by atoms with Gasteiger partial charge in [0.05, 0.1) is 6.07 Å². The molecule has 0 heterocycles. The van der Waals surface area contributed by atoms with Crippen molar-refractivity contribution in [1.82, 2.24) is 0 Å². The zero-order valence-electron chi connectivity index (χ0n) is 9.46. The number of halogens is 1. The Labute approximate surface area is 101 Å². The van der Waals surface area contributed by atoms with Crippen LogP contribution in [-0.2, 0) is 11.2 Å². The van der Waals surface area contributed by atoms with Gasteiger partial charge >= 0.3 is 0 Å². The lowest BCUT2D eigenvalue weighted by Gasteiger charge is -2.13. The third kappa shape index (κ3) is 3.36. The molecule has 0 aromatic heterocycles. The summed E-state index contributed by atoms with van der Waals surface area (Å²) in [6.45, 7) is 3.30. The fraction of sp³-hybridized carbons (Fsp3) is 0.385. The molecule has 0 aliphatic carbocycles. The minimum atomic E-state index is -0.883. The summed E-state index contributed by atoms with van der Waals surface area (Å²) >= 11 is 5.76. The lowest BCUT2D eigenvalue weighted by molar-refractivity contribution is -0.124. The van der Waals surface area contributed by atoms with Gasteiger partial charge in [0.25, 0.3) is 0 Å². The van der Waals surface area contributed by atoms with E-state index in [-0.39, 0.29) is 5.78 Å². The fourth-order valence-corrected chi connectivity index (χ4v) is 1.41. The van der Waals surface area contributed by atoms with E-state index in [4.69, 9.17) is 16.9 Å². The first kappa shape index (κ1) is 12.7. The predicted octanol–water partition coefficient (Wildman–Crippen LogP) is 3.39. The van der Waals surface area contributed by atoms with E-state index in [1.54, 1.807) is 26.0 Å². The summed E-state index contributed by atoms with van der Waals surface area (Å²) in [6.07, 6.45) is 1.04. The number of rotatable bonds is 4. The highest BCUT2D eigenvalue weighted by atomic mass is 35.5. The molecule has 2 nitrogen and oxygen atoms in total. The summed E-state index contributed by atoms with van der Waals surface area (Å²) in [5.41, 5.74) is 0.179. The number of carbonyl (C=O) groups is 1. The molecule has 0 fully saturated rings. The third-order valence-electron chi connectivity index (χ3n) is 2.53. The van der Waals surface area contributed by atoms with Crippen LogP contribution in [0, 0.1) is 16.7 Å². The Morgan fingerprint density at radius 3 is 2.44 bits per heavy atom. The smallest absolute Gasteiger partial charge is 0.152 e. The van der Waals surface area contributed by atoms with Gasteiger partial charge in [-0.05, 0) is 38.0 Å². The van der Waals surface area contributed by atoms with Crippen molar-refractivity contribution >= 4 is 17.4 Å². The minimum Gasteiger partial charge on any atom is -0.298 e. The van der Waals surface area contributed by atoms with Crippen molar-refractivity contribution in [2.75, 3.05) is 0 Å². The van der Waals surface area contributed by atoms with Crippen molar-refractivity contribution in [3.8, 4) is 6.07 Å². The van der Waals surface area contributed by atoms with Gasteiger partial charge in [0.15, 0.2) is 5.78 Å². The van der Waals surface area contributed by atoms with Crippen molar-refractivity contribution in [3.05, 3.63) is 34.9 Å². The van der Waals surface area contributed by atoms with Crippen LogP contribution in [0.3, 0.4) is 0 Å². The van der Waals surface area contributed by atoms with Crippen LogP contribution in [0.2, 0.25) is 5.02 Å². The molecular weight excluding hydrogens is 222 g/mol. The molecule has 16 heavy (non-hydrogen) atoms. The van der Waals surface area contributed by atoms with Crippen molar-refractivity contribution in [1.29, 1.82) is 5.26 Å². The molecule has 0 aliphatic rings. The van der Waals surface area contributed by atoms with Gasteiger partial charge in [0.2, 0.25) is 0 Å². The van der Waals surface area contributed by atoms with E-state index in [0.717, 1.165) is 5.56 Å². The number of carbonyl (C=O) groups excluding carboxylic acids is 1. The molecule has 0 bridgehead atoms. The maximum Gasteiger partial charge on any atom is 0.152 e. The number of nitriles is 1. The van der Waals surface area contributed by atoms with E-state index < -0.39 is 5.41 Å². The lowest BCUT2D eigenvalue weighted by Crippen LogP contribution is -2.22. The molecule has 1 aromatic rings. The SMILES string of the molecule is CC(C)(C#N)C(=O)CCc1ccc(Cl)cc1. The van der Waals surface area contributed by atoms with Gasteiger partial charge in [-0.25, -0.2) is 0 Å². The van der Waals surface area contributed by atoms with Crippen LogP contribution in [-0.4, -0.2) is 5.78 Å². The Morgan fingerprint density at radius 2 is 1.94 bits per heavy atom. The standard InChI is InChI=1S/C13H14ClNO/c1-13(2,9-15)12(16)8-5-10-3-6-11(14)7-4-10/h3-4,6-7H,5,8H2,1-2H3. The molecule has 3 heteroatoms. The molecule has 0 radical (unpaired) electrons. The van der Waals surface area contributed by atoms with Crippen LogP contribution in [0.15, 0.2) is 24.3 Å². The number of aryl methyl sites for hydroxylation is 1. The molecular formula is C13H14ClNO. The highest BCUT2D eigenvalue weighted by Gasteiger charge is 2.26. The maximum absolute atomic E-state index is 11.7. The second-order valence-corrected chi connectivity index (χ2v) is 4.72. The van der Waals surface area contributed by atoms with Crippen LogP contribution in [0.25, 0.3) is 0 Å². The first-order valence-electron chi connectivity index (χ1n) is 5.15. The second kappa shape index (κ2) is 5.14. The average Bonchev–Trinajstić information content (AvgIpc) is 2.28. The molecule has 1 aromatic carbocycles. The van der Waals surface area contributed by atoms with E-state index in [0.29, 0.717) is 17.9 Å². The van der Waals surface area contributed by atoms with E-state index >= 15 is 0 Å². The molecule has 0 saturated heterocycles. The summed E-state index contributed by atoms with van der Waals surface area (Å²) in [7, 11) is 0. The van der Waals surface area contributed by atoms with Gasteiger partial charge in [-0.15, -0.1) is 0 Å². The molecule has 0 atom stereocenters. The molecule has 0 saturated carbocycles. The third-order valence-corrected chi connectivity index (χ3v) is 2.78. The zero-order chi connectivity index (χ0) is 12.2. The Kier molecular flexibility index (Phi) is 4.09. The lowest BCUT2D eigenvalue weighted by atomic mass is 9.87. The predicted molar refractivity (Wildman–Crippen MR) is 64.2 cm³/mol. The van der Waals surface area contributed by atoms with Crippen LogP contribution >= 0.6 is 11.6 Å². The van der Waals surface area contributed by atoms with Crippen LogP contribution in [0.5, 0.6) is 0 Å². The number of Topliss-reactive ketones (excluding diaryl/α,β-unsaturated/α-hetero) is 1. The summed E-state index contributed by atoms with van der Waals surface area (Å²) in [4.78, 5) is 11.7. The van der Waals surface area contributed by atoms with Gasteiger partial charge < -0.3 is 0 Å². The van der Waals surface area contributed by atoms with Gasteiger partial charge in [-0.2, -0.15) is 5.26 Å². The van der Waals surface area contributed by atoms with Gasteiger partial charge in [-0.1, -0.05) is 23.7 Å². The zero-order valence-corrected chi connectivity index (χ0v) is 10.2. The highest BCUT2D eigenvalue weighted by molar-refractivity contribution is 6.30. The number of hydrogen-bond donors (Lipinski definition) is 0. The van der Waals surface area contributed by atoms with Gasteiger partial charge in [-0.3, -0.25) is 4.79 Å². The summed E-state index contributed by atoms with van der Waals surface area (Å²) in [5.74, 6) is -0.0232. The fourth-order valence-electron chi connectivity index (χ4n) is 1.28. The highest BCUT2D eigenvalue weighted by Crippen LogP contribution is 2.19. The molecule has 0 unspecified atom stereocenters. The Balaban J connectivity index is 2.56. The first-order valence-corrected chi connectivity index (χ1v) is 5.52. The summed E-state index contributed by atoms with van der Waals surface area (Å²) in [5, 5.41) is 9.50. The van der Waals surface area contributed by atoms with Crippen LogP contribution in [0.1, 0.15) is 25.8 Å². The van der Waals surface area contributed by atoms with Crippen molar-refractivity contribution in [2.24, 2.45) is 5.41 Å². The van der Waals surface area contributed by atoms with E-state index in [1.165, 1.54) is 0 Å². The molecule has 1 rings (SSSR count). The monoisotopic (exact) mass is 235 g/mol. The number of nitrogens with zero attached hydrogens (tertiary/aromatic N) is 1. The van der Waals surface area contributed by atoms with E-state index in [9.17, 15) is 4.79 Å². The van der Waals surface area contributed by atoms with Crippen LogP contribution < -0.4 is 0 Å². The Hall–Kier alpha value is -1.33. The topological polar surface area (TPSA) is 40.9 Å². The van der Waals surface area contributed by atoms with Crippen LogP contribution in [0.4, 0.5) is 0 Å². The molecule has 0 N–H and O–H groups in total. The molecule has 0 amide bonds. The van der Waals surface area contributed by atoms with Crippen molar-refractivity contribution in [2.45, 2.75) is 26.7 Å². The van der Waals surface area contributed by atoms with E-state index in [2.05, 4.69) is 0 Å². The second-order valence-electron chi connectivity index (χ2n) is 4.29. The number of ketones is 1. The first-order chi connectivity index (χ1) is 7.45. The summed E-state index contributed by atoms with van der Waals surface area (Å²) in [6, 6.07) is 9.42. The molecule has 0 aliphatic heterocycles. The summed E-state index contributed by atoms with van der Waals surface area (Å²) < 4.78 is 0. The van der Waals surface area contributed by atoms with Gasteiger partial charge in [0, 0.05) is 11.4 Å². The van der Waals surface area contributed by atoms with Gasteiger partial charge in [0.1, 0.15) is 5.41 Å². The van der Waals surface area contributed by atoms with Crippen molar-refractivity contribution in [3.63, 3.8) is 0 Å². The minimum absolute atomic E-state index is 0.0232. The quantitative estimate of drug-likeness (QED) is 0.803. The average molecular weight is 236 g/mol. The largest absolute Gasteiger partial charge is 0.298 e. The Bertz CT molecular complexity index is 415.